The maximum Gasteiger partial charge on any atom is 0.264 e. The molecule has 1 heterocycles. The van der Waals surface area contributed by atoms with E-state index in [1.54, 1.807) is 36.4 Å². The van der Waals surface area contributed by atoms with E-state index < -0.39 is 0 Å². The molecule has 6 nitrogen and oxygen atoms in total. The lowest BCUT2D eigenvalue weighted by Crippen LogP contribution is -2.19. The molecule has 0 atom stereocenters. The van der Waals surface area contributed by atoms with Crippen LogP contribution < -0.4 is 10.1 Å². The molecule has 7 heteroatoms. The van der Waals surface area contributed by atoms with Gasteiger partial charge in [0.25, 0.3) is 5.91 Å². The summed E-state index contributed by atoms with van der Waals surface area (Å²) in [5, 5.41) is 22.7. The average molecular weight is 370 g/mol. The number of carbonyl (C=O) groups is 1. The maximum atomic E-state index is 12.2. The molecule has 0 spiro atoms. The van der Waals surface area contributed by atoms with Crippen LogP contribution >= 0.6 is 11.8 Å². The number of thioether (sulfide) groups is 1. The normalized spacial score (nSPS) is 16.9. The minimum absolute atomic E-state index is 0.0506. The SMILES string of the molecule is CCOc1cc(/C=C2\SC(=Nc3cc(C)ccc3O)NC2=O)ccc1O. The molecule has 2 aromatic carbocycles. The highest BCUT2D eigenvalue weighted by atomic mass is 32.2. The number of aryl methyl sites for hydroxylation is 1. The van der Waals surface area contributed by atoms with Gasteiger partial charge in [-0.25, -0.2) is 4.99 Å². The molecule has 26 heavy (non-hydrogen) atoms. The molecule has 0 radical (unpaired) electrons. The molecule has 134 valence electrons. The Morgan fingerprint density at radius 1 is 1.19 bits per heavy atom. The number of nitrogens with one attached hydrogen (secondary N) is 1. The smallest absolute Gasteiger partial charge is 0.264 e. The first-order chi connectivity index (χ1) is 12.5. The zero-order chi connectivity index (χ0) is 18.7. The lowest BCUT2D eigenvalue weighted by molar-refractivity contribution is -0.115. The fourth-order valence-electron chi connectivity index (χ4n) is 2.36. The Morgan fingerprint density at radius 3 is 2.73 bits per heavy atom. The lowest BCUT2D eigenvalue weighted by atomic mass is 10.2. The van der Waals surface area contributed by atoms with Crippen LogP contribution in [0.1, 0.15) is 18.1 Å². The van der Waals surface area contributed by atoms with Crippen molar-refractivity contribution >= 4 is 34.6 Å². The van der Waals surface area contributed by atoms with Gasteiger partial charge in [-0.2, -0.15) is 0 Å². The number of carbonyl (C=O) groups excluding carboxylic acids is 1. The third kappa shape index (κ3) is 4.00. The number of phenols is 2. The number of amidine groups is 1. The van der Waals surface area contributed by atoms with Crippen LogP contribution in [-0.2, 0) is 4.79 Å². The summed E-state index contributed by atoms with van der Waals surface area (Å²) in [7, 11) is 0. The van der Waals surface area contributed by atoms with Crippen LogP contribution in [0.15, 0.2) is 46.3 Å². The number of ether oxygens (including phenoxy) is 1. The summed E-state index contributed by atoms with van der Waals surface area (Å²) < 4.78 is 5.35. The van der Waals surface area contributed by atoms with Gasteiger partial charge in [0.1, 0.15) is 11.4 Å². The van der Waals surface area contributed by atoms with E-state index in [4.69, 9.17) is 4.74 Å². The highest BCUT2D eigenvalue weighted by Gasteiger charge is 2.24. The van der Waals surface area contributed by atoms with Gasteiger partial charge in [0.15, 0.2) is 16.7 Å². The molecule has 1 amide bonds. The van der Waals surface area contributed by atoms with Crippen molar-refractivity contribution in [1.82, 2.24) is 5.32 Å². The highest BCUT2D eigenvalue weighted by Crippen LogP contribution is 2.33. The molecule has 0 aromatic heterocycles. The average Bonchev–Trinajstić information content (AvgIpc) is 2.93. The number of rotatable bonds is 4. The molecule has 1 fully saturated rings. The van der Waals surface area contributed by atoms with Gasteiger partial charge in [-0.1, -0.05) is 12.1 Å². The molecule has 1 aliphatic rings. The number of aromatic hydroxyl groups is 2. The fraction of sp³-hybridized carbons (Fsp3) is 0.158. The summed E-state index contributed by atoms with van der Waals surface area (Å²) in [4.78, 5) is 17.0. The van der Waals surface area contributed by atoms with E-state index in [2.05, 4.69) is 10.3 Å². The van der Waals surface area contributed by atoms with Crippen LogP contribution in [0.3, 0.4) is 0 Å². The molecule has 0 bridgehead atoms. The van der Waals surface area contributed by atoms with Gasteiger partial charge < -0.3 is 20.3 Å². The first kappa shape index (κ1) is 17.9. The van der Waals surface area contributed by atoms with Crippen molar-refractivity contribution in [2.45, 2.75) is 13.8 Å². The van der Waals surface area contributed by atoms with E-state index in [1.165, 1.54) is 17.8 Å². The van der Waals surface area contributed by atoms with Crippen LogP contribution in [0, 0.1) is 6.92 Å². The first-order valence-corrected chi connectivity index (χ1v) is 8.83. The third-order valence-corrected chi connectivity index (χ3v) is 4.50. The number of aliphatic imine (C=N–C) groups is 1. The third-order valence-electron chi connectivity index (χ3n) is 3.59. The number of benzene rings is 2. The minimum atomic E-state index is -0.271. The van der Waals surface area contributed by atoms with E-state index in [0.29, 0.717) is 28.1 Å². The maximum absolute atomic E-state index is 12.2. The molecule has 3 rings (SSSR count). The Hall–Kier alpha value is -2.93. The van der Waals surface area contributed by atoms with Crippen LogP contribution in [0.4, 0.5) is 5.69 Å². The summed E-state index contributed by atoms with van der Waals surface area (Å²) in [5.41, 5.74) is 2.08. The standard InChI is InChI=1S/C19H18N2O4S/c1-3-25-16-9-12(5-7-15(16)23)10-17-18(24)21-19(26-17)20-13-8-11(2)4-6-14(13)22/h4-10,22-23H,3H2,1-2H3,(H,20,21,24)/b17-10-. The molecular formula is C19H18N2O4S. The van der Waals surface area contributed by atoms with Gasteiger partial charge in [-0.3, -0.25) is 4.79 Å². The summed E-state index contributed by atoms with van der Waals surface area (Å²) >= 11 is 1.18. The Kier molecular flexibility index (Phi) is 5.18. The molecular weight excluding hydrogens is 352 g/mol. The summed E-state index contributed by atoms with van der Waals surface area (Å²) in [6.45, 7) is 4.16. The van der Waals surface area contributed by atoms with Gasteiger partial charge in [0.2, 0.25) is 0 Å². The van der Waals surface area contributed by atoms with Crippen molar-refractivity contribution in [3.05, 3.63) is 52.4 Å². The molecule has 0 aliphatic carbocycles. The molecule has 1 aliphatic heterocycles. The summed E-state index contributed by atoms with van der Waals surface area (Å²) in [6, 6.07) is 9.98. The second-order valence-corrected chi connectivity index (χ2v) is 6.66. The quantitative estimate of drug-likeness (QED) is 0.714. The Morgan fingerprint density at radius 2 is 1.96 bits per heavy atom. The zero-order valence-electron chi connectivity index (χ0n) is 14.3. The van der Waals surface area contributed by atoms with E-state index >= 15 is 0 Å². The fourth-order valence-corrected chi connectivity index (χ4v) is 3.19. The highest BCUT2D eigenvalue weighted by molar-refractivity contribution is 8.18. The van der Waals surface area contributed by atoms with Crippen molar-refractivity contribution in [3.63, 3.8) is 0 Å². The van der Waals surface area contributed by atoms with Crippen molar-refractivity contribution in [1.29, 1.82) is 0 Å². The second kappa shape index (κ2) is 7.53. The molecule has 1 saturated heterocycles. The van der Waals surface area contributed by atoms with Crippen molar-refractivity contribution in [2.24, 2.45) is 4.99 Å². The topological polar surface area (TPSA) is 91.2 Å². The van der Waals surface area contributed by atoms with Gasteiger partial charge in [-0.05, 0) is 67.1 Å². The molecule has 3 N–H and O–H groups in total. The van der Waals surface area contributed by atoms with E-state index in [-0.39, 0.29) is 17.4 Å². The van der Waals surface area contributed by atoms with Gasteiger partial charge in [-0.15, -0.1) is 0 Å². The predicted octanol–water partition coefficient (Wildman–Crippen LogP) is 3.70. The van der Waals surface area contributed by atoms with Gasteiger partial charge in [0, 0.05) is 0 Å². The Bertz CT molecular complexity index is 922. The number of amides is 1. The van der Waals surface area contributed by atoms with E-state index in [0.717, 1.165) is 11.1 Å². The first-order valence-electron chi connectivity index (χ1n) is 8.01. The van der Waals surface area contributed by atoms with E-state index in [9.17, 15) is 15.0 Å². The summed E-state index contributed by atoms with van der Waals surface area (Å²) in [6.07, 6.45) is 1.70. The monoisotopic (exact) mass is 370 g/mol. The molecule has 2 aromatic rings. The molecule has 0 saturated carbocycles. The van der Waals surface area contributed by atoms with Crippen LogP contribution in [0.25, 0.3) is 6.08 Å². The van der Waals surface area contributed by atoms with Crippen LogP contribution in [-0.4, -0.2) is 27.9 Å². The summed E-state index contributed by atoms with van der Waals surface area (Å²) in [5.74, 6) is 0.195. The number of phenolic OH excluding ortho intramolecular Hbond substituents is 2. The van der Waals surface area contributed by atoms with Crippen LogP contribution in [0.2, 0.25) is 0 Å². The van der Waals surface area contributed by atoms with Crippen molar-refractivity contribution in [3.8, 4) is 17.2 Å². The van der Waals surface area contributed by atoms with E-state index in [1.807, 2.05) is 13.8 Å². The molecule has 0 unspecified atom stereocenters. The Balaban J connectivity index is 1.86. The lowest BCUT2D eigenvalue weighted by Gasteiger charge is -2.06. The van der Waals surface area contributed by atoms with Gasteiger partial charge in [0.05, 0.1) is 11.5 Å². The number of nitrogens with zero attached hydrogens (tertiary/aromatic N) is 1. The predicted molar refractivity (Wildman–Crippen MR) is 103 cm³/mol. The van der Waals surface area contributed by atoms with Crippen molar-refractivity contribution < 1.29 is 19.7 Å². The largest absolute Gasteiger partial charge is 0.506 e. The Labute approximate surface area is 155 Å². The minimum Gasteiger partial charge on any atom is -0.506 e. The van der Waals surface area contributed by atoms with Crippen molar-refractivity contribution in [2.75, 3.05) is 6.61 Å². The number of hydrogen-bond acceptors (Lipinski definition) is 6. The zero-order valence-corrected chi connectivity index (χ0v) is 15.1. The van der Waals surface area contributed by atoms with Crippen LogP contribution in [0.5, 0.6) is 17.2 Å². The van der Waals surface area contributed by atoms with Gasteiger partial charge >= 0.3 is 0 Å². The second-order valence-electron chi connectivity index (χ2n) is 5.63. The number of hydrogen-bond donors (Lipinski definition) is 3.